The Morgan fingerprint density at radius 2 is 1.72 bits per heavy atom. The second-order valence-electron chi connectivity index (χ2n) is 4.10. The molecule has 2 nitrogen and oxygen atoms in total. The standard InChI is InChI=1S/C14H14I2N2/c15-12-6-4-10(5-7-12)8-14(18-17)11-2-1-3-13(16)9-11/h1-7,9,14,18H,8,17H2. The first-order valence-electron chi connectivity index (χ1n) is 5.65. The molecular formula is C14H14I2N2. The number of hydrazine groups is 1. The zero-order chi connectivity index (χ0) is 13.0. The van der Waals surface area contributed by atoms with Crippen LogP contribution < -0.4 is 11.3 Å². The first-order chi connectivity index (χ1) is 8.69. The molecule has 0 aliphatic rings. The zero-order valence-corrected chi connectivity index (χ0v) is 14.1. The van der Waals surface area contributed by atoms with E-state index in [-0.39, 0.29) is 6.04 Å². The molecule has 0 saturated carbocycles. The largest absolute Gasteiger partial charge is 0.271 e. The summed E-state index contributed by atoms with van der Waals surface area (Å²) in [6.45, 7) is 0. The summed E-state index contributed by atoms with van der Waals surface area (Å²) in [5.74, 6) is 5.68. The van der Waals surface area contributed by atoms with Crippen molar-refractivity contribution < 1.29 is 0 Å². The summed E-state index contributed by atoms with van der Waals surface area (Å²) in [5.41, 5.74) is 5.42. The molecule has 0 amide bonds. The van der Waals surface area contributed by atoms with Gasteiger partial charge in [-0.1, -0.05) is 24.3 Å². The predicted octanol–water partition coefficient (Wildman–Crippen LogP) is 3.64. The molecule has 2 aromatic rings. The van der Waals surface area contributed by atoms with Crippen molar-refractivity contribution in [2.45, 2.75) is 12.5 Å². The Labute approximate surface area is 135 Å². The van der Waals surface area contributed by atoms with Gasteiger partial charge >= 0.3 is 0 Å². The first kappa shape index (κ1) is 14.2. The van der Waals surface area contributed by atoms with E-state index >= 15 is 0 Å². The summed E-state index contributed by atoms with van der Waals surface area (Å²) in [6.07, 6.45) is 0.896. The molecule has 2 rings (SSSR count). The molecule has 3 N–H and O–H groups in total. The Bertz CT molecular complexity index is 511. The number of nitrogens with one attached hydrogen (secondary N) is 1. The number of benzene rings is 2. The van der Waals surface area contributed by atoms with Gasteiger partial charge in [0, 0.05) is 7.14 Å². The SMILES string of the molecule is NNC(Cc1ccc(I)cc1)c1cccc(I)c1. The second-order valence-corrected chi connectivity index (χ2v) is 6.60. The van der Waals surface area contributed by atoms with Gasteiger partial charge in [-0.2, -0.15) is 0 Å². The fourth-order valence-corrected chi connectivity index (χ4v) is 2.78. The lowest BCUT2D eigenvalue weighted by atomic mass is 10.00. The molecule has 1 atom stereocenters. The number of nitrogens with two attached hydrogens (primary N) is 1. The minimum Gasteiger partial charge on any atom is -0.271 e. The Hall–Kier alpha value is -0.180. The summed E-state index contributed by atoms with van der Waals surface area (Å²) in [7, 11) is 0. The van der Waals surface area contributed by atoms with Gasteiger partial charge in [0.25, 0.3) is 0 Å². The molecular weight excluding hydrogens is 450 g/mol. The molecule has 2 aromatic carbocycles. The summed E-state index contributed by atoms with van der Waals surface area (Å²) < 4.78 is 2.48. The molecule has 0 fully saturated rings. The molecule has 0 radical (unpaired) electrons. The normalized spacial score (nSPS) is 12.4. The molecule has 0 spiro atoms. The highest BCUT2D eigenvalue weighted by atomic mass is 127. The predicted molar refractivity (Wildman–Crippen MR) is 92.1 cm³/mol. The van der Waals surface area contributed by atoms with Crippen LogP contribution in [-0.2, 0) is 6.42 Å². The molecule has 0 bridgehead atoms. The molecule has 0 heterocycles. The van der Waals surface area contributed by atoms with E-state index in [0.29, 0.717) is 0 Å². The Balaban J connectivity index is 2.17. The minimum absolute atomic E-state index is 0.153. The fourth-order valence-electron chi connectivity index (χ4n) is 1.85. The highest BCUT2D eigenvalue weighted by Gasteiger charge is 2.10. The van der Waals surface area contributed by atoms with Crippen molar-refractivity contribution in [3.05, 3.63) is 66.8 Å². The van der Waals surface area contributed by atoms with E-state index in [1.54, 1.807) is 0 Å². The van der Waals surface area contributed by atoms with Crippen LogP contribution in [0.5, 0.6) is 0 Å². The molecule has 0 saturated heterocycles. The van der Waals surface area contributed by atoms with E-state index in [2.05, 4.69) is 99.1 Å². The Morgan fingerprint density at radius 1 is 1.00 bits per heavy atom. The molecule has 0 aromatic heterocycles. The van der Waals surface area contributed by atoms with Gasteiger partial charge in [0.1, 0.15) is 0 Å². The minimum atomic E-state index is 0.153. The smallest absolute Gasteiger partial charge is 0.0500 e. The molecule has 94 valence electrons. The third-order valence-corrected chi connectivity index (χ3v) is 4.20. The summed E-state index contributed by atoms with van der Waals surface area (Å²) in [5, 5.41) is 0. The molecule has 0 aliphatic carbocycles. The highest BCUT2D eigenvalue weighted by molar-refractivity contribution is 14.1. The summed E-state index contributed by atoms with van der Waals surface area (Å²) >= 11 is 4.63. The second kappa shape index (κ2) is 6.83. The van der Waals surface area contributed by atoms with E-state index in [9.17, 15) is 0 Å². The van der Waals surface area contributed by atoms with Crippen LogP contribution in [0.4, 0.5) is 0 Å². The van der Waals surface area contributed by atoms with Crippen molar-refractivity contribution in [1.29, 1.82) is 0 Å². The van der Waals surface area contributed by atoms with Gasteiger partial charge in [0.2, 0.25) is 0 Å². The van der Waals surface area contributed by atoms with Crippen molar-refractivity contribution >= 4 is 45.2 Å². The monoisotopic (exact) mass is 464 g/mol. The van der Waals surface area contributed by atoms with Crippen molar-refractivity contribution in [3.8, 4) is 0 Å². The lowest BCUT2D eigenvalue weighted by Crippen LogP contribution is -2.29. The van der Waals surface area contributed by atoms with Crippen LogP contribution in [0.2, 0.25) is 0 Å². The van der Waals surface area contributed by atoms with Crippen LogP contribution in [0.15, 0.2) is 48.5 Å². The van der Waals surface area contributed by atoms with Gasteiger partial charge in [-0.05, 0) is 87.0 Å². The van der Waals surface area contributed by atoms with Crippen LogP contribution in [0, 0.1) is 7.14 Å². The van der Waals surface area contributed by atoms with E-state index in [1.165, 1.54) is 18.3 Å². The van der Waals surface area contributed by atoms with Crippen molar-refractivity contribution in [1.82, 2.24) is 5.43 Å². The number of hydrogen-bond acceptors (Lipinski definition) is 2. The van der Waals surface area contributed by atoms with Crippen LogP contribution in [-0.4, -0.2) is 0 Å². The van der Waals surface area contributed by atoms with Gasteiger partial charge < -0.3 is 0 Å². The first-order valence-corrected chi connectivity index (χ1v) is 7.81. The lowest BCUT2D eigenvalue weighted by molar-refractivity contribution is 0.551. The van der Waals surface area contributed by atoms with Crippen LogP contribution in [0.3, 0.4) is 0 Å². The maximum Gasteiger partial charge on any atom is 0.0500 e. The van der Waals surface area contributed by atoms with Gasteiger partial charge in [-0.3, -0.25) is 11.3 Å². The van der Waals surface area contributed by atoms with Gasteiger partial charge in [-0.25, -0.2) is 0 Å². The van der Waals surface area contributed by atoms with E-state index in [0.717, 1.165) is 6.42 Å². The average Bonchev–Trinajstić information content (AvgIpc) is 2.38. The third kappa shape index (κ3) is 3.91. The van der Waals surface area contributed by atoms with Gasteiger partial charge in [0.05, 0.1) is 6.04 Å². The van der Waals surface area contributed by atoms with E-state index < -0.39 is 0 Å². The maximum atomic E-state index is 5.68. The molecule has 4 heteroatoms. The lowest BCUT2D eigenvalue weighted by Gasteiger charge is -2.16. The van der Waals surface area contributed by atoms with Gasteiger partial charge in [0.15, 0.2) is 0 Å². The van der Waals surface area contributed by atoms with Gasteiger partial charge in [-0.15, -0.1) is 0 Å². The number of rotatable bonds is 4. The quantitative estimate of drug-likeness (QED) is 0.412. The van der Waals surface area contributed by atoms with Crippen LogP contribution in [0.1, 0.15) is 17.2 Å². The molecule has 0 aliphatic heterocycles. The van der Waals surface area contributed by atoms with Crippen molar-refractivity contribution in [2.24, 2.45) is 5.84 Å². The topological polar surface area (TPSA) is 38.0 Å². The Morgan fingerprint density at radius 3 is 2.33 bits per heavy atom. The van der Waals surface area contributed by atoms with E-state index in [4.69, 9.17) is 5.84 Å². The van der Waals surface area contributed by atoms with E-state index in [1.807, 2.05) is 0 Å². The van der Waals surface area contributed by atoms with Crippen LogP contribution >= 0.6 is 45.2 Å². The fraction of sp³-hybridized carbons (Fsp3) is 0.143. The molecule has 1 unspecified atom stereocenters. The highest BCUT2D eigenvalue weighted by Crippen LogP contribution is 2.20. The zero-order valence-electron chi connectivity index (χ0n) is 9.74. The molecule has 18 heavy (non-hydrogen) atoms. The number of halogens is 2. The summed E-state index contributed by atoms with van der Waals surface area (Å²) in [6, 6.07) is 17.1. The number of hydrogen-bond donors (Lipinski definition) is 2. The maximum absolute atomic E-state index is 5.68. The summed E-state index contributed by atoms with van der Waals surface area (Å²) in [4.78, 5) is 0. The van der Waals surface area contributed by atoms with Crippen LogP contribution in [0.25, 0.3) is 0 Å². The Kier molecular flexibility index (Phi) is 5.40. The third-order valence-electron chi connectivity index (χ3n) is 2.81. The average molecular weight is 464 g/mol. The van der Waals surface area contributed by atoms with Crippen molar-refractivity contribution in [2.75, 3.05) is 0 Å². The van der Waals surface area contributed by atoms with Crippen molar-refractivity contribution in [3.63, 3.8) is 0 Å².